The van der Waals surface area contributed by atoms with Crippen LogP contribution in [0.25, 0.3) is 11.3 Å². The summed E-state index contributed by atoms with van der Waals surface area (Å²) in [4.78, 5) is 37.6. The van der Waals surface area contributed by atoms with E-state index < -0.39 is 0 Å². The number of imide groups is 1. The maximum Gasteiger partial charge on any atom is 0.261 e. The molecular weight excluding hydrogens is 306 g/mol. The molecule has 2 amide bonds. The third-order valence-corrected chi connectivity index (χ3v) is 4.89. The Morgan fingerprint density at radius 1 is 0.958 bits per heavy atom. The molecule has 1 aliphatic carbocycles. The lowest BCUT2D eigenvalue weighted by Crippen LogP contribution is -2.40. The van der Waals surface area contributed by atoms with Crippen LogP contribution in [0.2, 0.25) is 0 Å². The zero-order valence-electron chi connectivity index (χ0n) is 13.2. The first-order valence-electron chi connectivity index (χ1n) is 8.26. The van der Waals surface area contributed by atoms with Gasteiger partial charge in [0.25, 0.3) is 11.8 Å². The van der Waals surface area contributed by atoms with E-state index in [2.05, 4.69) is 0 Å². The molecule has 0 unspecified atom stereocenters. The van der Waals surface area contributed by atoms with Gasteiger partial charge in [0.15, 0.2) is 12.0 Å². The molecule has 24 heavy (non-hydrogen) atoms. The zero-order valence-corrected chi connectivity index (χ0v) is 13.2. The summed E-state index contributed by atoms with van der Waals surface area (Å²) >= 11 is 0. The molecule has 5 heteroatoms. The van der Waals surface area contributed by atoms with Gasteiger partial charge in [-0.3, -0.25) is 19.3 Å². The molecule has 4 rings (SSSR count). The van der Waals surface area contributed by atoms with Crippen molar-refractivity contribution in [3.8, 4) is 11.3 Å². The van der Waals surface area contributed by atoms with Crippen LogP contribution in [0.4, 0.5) is 0 Å². The molecule has 0 spiro atoms. The summed E-state index contributed by atoms with van der Waals surface area (Å²) in [5.74, 6) is 0.334. The number of furan rings is 1. The predicted molar refractivity (Wildman–Crippen MR) is 86.9 cm³/mol. The maximum atomic E-state index is 12.8. The number of carbonyl (C=O) groups excluding carboxylic acids is 3. The van der Waals surface area contributed by atoms with Gasteiger partial charge in [0.1, 0.15) is 5.76 Å². The predicted octanol–water partition coefficient (Wildman–Crippen LogP) is 3.69. The van der Waals surface area contributed by atoms with E-state index in [1.807, 2.05) is 0 Å². The van der Waals surface area contributed by atoms with Gasteiger partial charge >= 0.3 is 0 Å². The van der Waals surface area contributed by atoms with Gasteiger partial charge in [0.05, 0.1) is 11.1 Å². The van der Waals surface area contributed by atoms with Gasteiger partial charge in [-0.1, -0.05) is 25.3 Å². The van der Waals surface area contributed by atoms with Crippen molar-refractivity contribution in [3.63, 3.8) is 0 Å². The van der Waals surface area contributed by atoms with E-state index in [4.69, 9.17) is 4.42 Å². The van der Waals surface area contributed by atoms with E-state index >= 15 is 0 Å². The number of aldehydes is 1. The Balaban J connectivity index is 1.69. The second kappa shape index (κ2) is 5.74. The molecule has 0 N–H and O–H groups in total. The first-order chi connectivity index (χ1) is 11.7. The molecule has 1 aromatic carbocycles. The Labute approximate surface area is 139 Å². The Hall–Kier alpha value is -2.69. The zero-order chi connectivity index (χ0) is 16.7. The first kappa shape index (κ1) is 14.9. The molecule has 0 atom stereocenters. The summed E-state index contributed by atoms with van der Waals surface area (Å²) in [6.45, 7) is 0. The fraction of sp³-hybridized carbons (Fsp3) is 0.316. The van der Waals surface area contributed by atoms with Crippen LogP contribution in [0.15, 0.2) is 34.7 Å². The molecule has 1 saturated carbocycles. The normalized spacial score (nSPS) is 18.1. The van der Waals surface area contributed by atoms with Gasteiger partial charge in [-0.15, -0.1) is 0 Å². The van der Waals surface area contributed by atoms with Crippen molar-refractivity contribution in [2.24, 2.45) is 0 Å². The number of nitrogens with zero attached hydrogens (tertiary/aromatic N) is 1. The van der Waals surface area contributed by atoms with Gasteiger partial charge in [0, 0.05) is 11.6 Å². The number of benzene rings is 1. The summed E-state index contributed by atoms with van der Waals surface area (Å²) in [5, 5.41) is 0. The topological polar surface area (TPSA) is 67.6 Å². The summed E-state index contributed by atoms with van der Waals surface area (Å²) in [6, 6.07) is 8.40. The Kier molecular flexibility index (Phi) is 3.56. The number of fused-ring (bicyclic) bond motifs is 1. The number of hydrogen-bond donors (Lipinski definition) is 0. The average molecular weight is 323 g/mol. The summed E-state index contributed by atoms with van der Waals surface area (Å²) in [5.41, 5.74) is 1.57. The smallest absolute Gasteiger partial charge is 0.261 e. The number of amides is 2. The molecule has 0 radical (unpaired) electrons. The highest BCUT2D eigenvalue weighted by Gasteiger charge is 2.40. The monoisotopic (exact) mass is 323 g/mol. The van der Waals surface area contributed by atoms with Crippen molar-refractivity contribution < 1.29 is 18.8 Å². The second-order valence-electron chi connectivity index (χ2n) is 6.35. The summed E-state index contributed by atoms with van der Waals surface area (Å²) in [7, 11) is 0. The molecule has 2 aromatic rings. The lowest BCUT2D eigenvalue weighted by Gasteiger charge is -2.29. The van der Waals surface area contributed by atoms with Crippen molar-refractivity contribution >= 4 is 18.1 Å². The van der Waals surface area contributed by atoms with Gasteiger partial charge < -0.3 is 4.42 Å². The Bertz CT molecular complexity index is 830. The quantitative estimate of drug-likeness (QED) is 0.638. The Morgan fingerprint density at radius 3 is 2.42 bits per heavy atom. The minimum absolute atomic E-state index is 0.0138. The third kappa shape index (κ3) is 2.28. The minimum Gasteiger partial charge on any atom is -0.453 e. The molecule has 5 nitrogen and oxygen atoms in total. The van der Waals surface area contributed by atoms with Gasteiger partial charge in [-0.25, -0.2) is 0 Å². The number of carbonyl (C=O) groups is 3. The van der Waals surface area contributed by atoms with Gasteiger partial charge in [-0.05, 0) is 37.1 Å². The molecule has 2 heterocycles. The summed E-state index contributed by atoms with van der Waals surface area (Å²) in [6.07, 6.45) is 5.70. The van der Waals surface area contributed by atoms with Crippen LogP contribution in [-0.4, -0.2) is 29.0 Å². The minimum atomic E-state index is -0.217. The standard InChI is InChI=1S/C19H17NO4/c21-11-14-7-9-17(24-14)12-6-8-15-16(10-12)19(23)20(18(15)22)13-4-2-1-3-5-13/h6-11,13H,1-5H2. The van der Waals surface area contributed by atoms with Crippen LogP contribution in [0.5, 0.6) is 0 Å². The second-order valence-corrected chi connectivity index (χ2v) is 6.35. The maximum absolute atomic E-state index is 12.8. The highest BCUT2D eigenvalue weighted by Crippen LogP contribution is 2.33. The highest BCUT2D eigenvalue weighted by molar-refractivity contribution is 6.22. The molecule has 0 saturated heterocycles. The van der Waals surface area contributed by atoms with Crippen molar-refractivity contribution in [1.29, 1.82) is 0 Å². The molecular formula is C19H17NO4. The van der Waals surface area contributed by atoms with Crippen molar-refractivity contribution in [3.05, 3.63) is 47.2 Å². The van der Waals surface area contributed by atoms with Gasteiger partial charge in [-0.2, -0.15) is 0 Å². The largest absolute Gasteiger partial charge is 0.453 e. The fourth-order valence-electron chi connectivity index (χ4n) is 3.65. The average Bonchev–Trinajstić information content (AvgIpc) is 3.19. The molecule has 2 aliphatic rings. The van der Waals surface area contributed by atoms with Crippen LogP contribution in [-0.2, 0) is 0 Å². The van der Waals surface area contributed by atoms with Crippen molar-refractivity contribution in [2.75, 3.05) is 0 Å². The van der Waals surface area contributed by atoms with E-state index in [0.717, 1.165) is 25.7 Å². The van der Waals surface area contributed by atoms with Crippen LogP contribution >= 0.6 is 0 Å². The molecule has 1 aliphatic heterocycles. The number of hydrogen-bond acceptors (Lipinski definition) is 4. The van der Waals surface area contributed by atoms with E-state index in [-0.39, 0.29) is 23.6 Å². The van der Waals surface area contributed by atoms with E-state index in [0.29, 0.717) is 28.7 Å². The molecule has 1 fully saturated rings. The van der Waals surface area contributed by atoms with Gasteiger partial charge in [0.2, 0.25) is 0 Å². The van der Waals surface area contributed by atoms with Crippen molar-refractivity contribution in [2.45, 2.75) is 38.1 Å². The van der Waals surface area contributed by atoms with E-state index in [1.54, 1.807) is 30.3 Å². The Morgan fingerprint density at radius 2 is 1.71 bits per heavy atom. The fourth-order valence-corrected chi connectivity index (χ4v) is 3.65. The lowest BCUT2D eigenvalue weighted by molar-refractivity contribution is 0.0548. The lowest BCUT2D eigenvalue weighted by atomic mass is 9.94. The van der Waals surface area contributed by atoms with Crippen molar-refractivity contribution in [1.82, 2.24) is 4.90 Å². The highest BCUT2D eigenvalue weighted by atomic mass is 16.3. The van der Waals surface area contributed by atoms with E-state index in [1.165, 1.54) is 11.3 Å². The summed E-state index contributed by atoms with van der Waals surface area (Å²) < 4.78 is 5.41. The number of rotatable bonds is 3. The van der Waals surface area contributed by atoms with E-state index in [9.17, 15) is 14.4 Å². The molecule has 122 valence electrons. The first-order valence-corrected chi connectivity index (χ1v) is 8.26. The van der Waals surface area contributed by atoms with Crippen LogP contribution in [0.1, 0.15) is 63.4 Å². The third-order valence-electron chi connectivity index (χ3n) is 4.89. The van der Waals surface area contributed by atoms with Crippen LogP contribution < -0.4 is 0 Å². The van der Waals surface area contributed by atoms with Crippen LogP contribution in [0.3, 0.4) is 0 Å². The molecule has 0 bridgehead atoms. The molecule has 1 aromatic heterocycles. The van der Waals surface area contributed by atoms with Crippen LogP contribution in [0, 0.1) is 0 Å². The SMILES string of the molecule is O=Cc1ccc(-c2ccc3c(c2)C(=O)N(C2CCCCC2)C3=O)o1.